The van der Waals surface area contributed by atoms with Crippen molar-refractivity contribution >= 4 is 23.4 Å². The third-order valence-electron chi connectivity index (χ3n) is 9.57. The molecule has 3 amide bonds. The maximum Gasteiger partial charge on any atom is 0.320 e. The van der Waals surface area contributed by atoms with E-state index >= 15 is 0 Å². The Kier molecular flexibility index (Phi) is 10.1. The second-order valence-electron chi connectivity index (χ2n) is 14.6. The monoisotopic (exact) mass is 684 g/mol. The van der Waals surface area contributed by atoms with Crippen LogP contribution >= 0.6 is 0 Å². The van der Waals surface area contributed by atoms with Crippen LogP contribution in [0.3, 0.4) is 0 Å². The lowest BCUT2D eigenvalue weighted by Crippen LogP contribution is -2.52. The summed E-state index contributed by atoms with van der Waals surface area (Å²) in [5.74, 6) is 1.19. The molecule has 0 radical (unpaired) electrons. The number of nitrogens with zero attached hydrogens (tertiary/aromatic N) is 7. The highest BCUT2D eigenvalue weighted by atomic mass is 16.5. The predicted octanol–water partition coefficient (Wildman–Crippen LogP) is 3.80. The number of aliphatic hydroxyl groups is 1. The molecule has 0 spiro atoms. The zero-order valence-electron chi connectivity index (χ0n) is 29.7. The number of hydrogen-bond donors (Lipinski definition) is 4. The van der Waals surface area contributed by atoms with Crippen LogP contribution in [0.4, 0.5) is 10.6 Å². The predicted molar refractivity (Wildman–Crippen MR) is 189 cm³/mol. The minimum atomic E-state index is -0.528. The Morgan fingerprint density at radius 2 is 1.70 bits per heavy atom. The fourth-order valence-corrected chi connectivity index (χ4v) is 6.61. The molecule has 14 nitrogen and oxygen atoms in total. The molecule has 4 heterocycles. The number of ether oxygens (including phenoxy) is 1. The highest BCUT2D eigenvalue weighted by Gasteiger charge is 2.35. The second-order valence-corrected chi connectivity index (χ2v) is 14.6. The first-order chi connectivity index (χ1) is 23.8. The largest absolute Gasteiger partial charge is 0.484 e. The van der Waals surface area contributed by atoms with E-state index in [1.54, 1.807) is 6.07 Å². The Bertz CT molecular complexity index is 1840. The number of pyridine rings is 1. The summed E-state index contributed by atoms with van der Waals surface area (Å²) in [7, 11) is 2.15. The quantitative estimate of drug-likeness (QED) is 0.204. The lowest BCUT2D eigenvalue weighted by Gasteiger charge is -2.42. The summed E-state index contributed by atoms with van der Waals surface area (Å²) in [5, 5.41) is 26.7. The van der Waals surface area contributed by atoms with E-state index in [0.717, 1.165) is 48.8 Å². The lowest BCUT2D eigenvalue weighted by atomic mass is 9.85. The van der Waals surface area contributed by atoms with Crippen molar-refractivity contribution in [3.8, 4) is 5.75 Å². The second kappa shape index (κ2) is 14.3. The molecule has 4 aromatic rings. The van der Waals surface area contributed by atoms with Crippen molar-refractivity contribution < 1.29 is 19.4 Å². The molecule has 0 bridgehead atoms. The Morgan fingerprint density at radius 3 is 2.42 bits per heavy atom. The molecule has 14 heteroatoms. The standard InChI is InChI=1S/C36H48N10O4/c1-35(2,3)28-21-29(40-31(39-28)32(48)37-15-20-47)41-34(49)38-26-12-13-27(25-10-8-7-9-24(25)26)50-23-11-14-30-42-43-33(46(30)22-23)36(4,5)45-18-16-44(6)17-19-45/h7-11,14,21-22,26-27,47H,12-13,15-20H2,1-6H3,(H,37,48)(H2,38,39,40,41,49)/t26-,27+/m0/s1. The first-order valence-electron chi connectivity index (χ1n) is 17.2. The van der Waals surface area contributed by atoms with Crippen molar-refractivity contribution in [2.75, 3.05) is 51.7 Å². The smallest absolute Gasteiger partial charge is 0.320 e. The van der Waals surface area contributed by atoms with Crippen LogP contribution in [0.5, 0.6) is 5.75 Å². The van der Waals surface area contributed by atoms with Crippen LogP contribution in [0, 0.1) is 0 Å². The Morgan fingerprint density at radius 1 is 0.960 bits per heavy atom. The first kappa shape index (κ1) is 35.2. The molecule has 4 N–H and O–H groups in total. The van der Waals surface area contributed by atoms with Gasteiger partial charge < -0.3 is 25.4 Å². The molecule has 1 aliphatic heterocycles. The van der Waals surface area contributed by atoms with E-state index in [-0.39, 0.29) is 42.5 Å². The number of aromatic nitrogens is 5. The third-order valence-corrected chi connectivity index (χ3v) is 9.57. The number of fused-ring (bicyclic) bond motifs is 2. The number of hydrogen-bond acceptors (Lipinski definition) is 10. The van der Waals surface area contributed by atoms with Gasteiger partial charge in [0.15, 0.2) is 11.5 Å². The highest BCUT2D eigenvalue weighted by Crippen LogP contribution is 2.39. The zero-order valence-corrected chi connectivity index (χ0v) is 29.7. The number of aliphatic hydroxyl groups excluding tert-OH is 1. The summed E-state index contributed by atoms with van der Waals surface area (Å²) >= 11 is 0. The summed E-state index contributed by atoms with van der Waals surface area (Å²) in [6, 6.07) is 12.8. The SMILES string of the molecule is CN1CCN(C(C)(C)c2nnc3ccc(O[C@@H]4CC[C@H](NC(=O)Nc5cc(C(C)(C)C)nc(C(=O)NCCO)n5)c5ccccc54)cn23)CC1. The molecule has 1 aliphatic carbocycles. The van der Waals surface area contributed by atoms with E-state index in [1.165, 1.54) is 0 Å². The number of carbonyl (C=O) groups excluding carboxylic acids is 2. The Hall–Kier alpha value is -4.66. The zero-order chi connectivity index (χ0) is 35.6. The number of rotatable bonds is 9. The number of anilines is 1. The molecule has 1 fully saturated rings. The van der Waals surface area contributed by atoms with Gasteiger partial charge in [-0.2, -0.15) is 0 Å². The summed E-state index contributed by atoms with van der Waals surface area (Å²) < 4.78 is 8.69. The van der Waals surface area contributed by atoms with Gasteiger partial charge in [0.1, 0.15) is 17.7 Å². The summed E-state index contributed by atoms with van der Waals surface area (Å²) in [4.78, 5) is 39.5. The molecule has 266 valence electrons. The van der Waals surface area contributed by atoms with Gasteiger partial charge in [-0.25, -0.2) is 14.8 Å². The number of urea groups is 1. The average Bonchev–Trinajstić information content (AvgIpc) is 3.52. The molecule has 50 heavy (non-hydrogen) atoms. The number of piperazine rings is 1. The molecular formula is C36H48N10O4. The number of amides is 3. The van der Waals surface area contributed by atoms with Gasteiger partial charge in [-0.1, -0.05) is 45.0 Å². The summed E-state index contributed by atoms with van der Waals surface area (Å²) in [5.41, 5.74) is 2.63. The summed E-state index contributed by atoms with van der Waals surface area (Å²) in [6.07, 6.45) is 3.09. The van der Waals surface area contributed by atoms with Crippen molar-refractivity contribution in [1.82, 2.24) is 45.0 Å². The molecule has 1 aromatic carbocycles. The topological polar surface area (TPSA) is 162 Å². The Balaban J connectivity index is 1.17. The van der Waals surface area contributed by atoms with Crippen LogP contribution in [0.1, 0.15) is 92.9 Å². The van der Waals surface area contributed by atoms with Crippen LogP contribution in [0.15, 0.2) is 48.7 Å². The maximum atomic E-state index is 13.4. The number of likely N-dealkylation sites (N-methyl/N-ethyl adjacent to an activating group) is 1. The van der Waals surface area contributed by atoms with Crippen LogP contribution in [-0.4, -0.2) is 97.8 Å². The van der Waals surface area contributed by atoms with Gasteiger partial charge in [0.2, 0.25) is 5.82 Å². The normalized spacial score (nSPS) is 18.8. The van der Waals surface area contributed by atoms with Gasteiger partial charge >= 0.3 is 6.03 Å². The third kappa shape index (κ3) is 7.57. The number of nitrogens with one attached hydrogen (secondary N) is 3. The van der Waals surface area contributed by atoms with E-state index in [4.69, 9.17) is 9.84 Å². The average molecular weight is 685 g/mol. The Labute approximate surface area is 292 Å². The number of carbonyl (C=O) groups is 2. The van der Waals surface area contributed by atoms with Crippen LogP contribution in [-0.2, 0) is 11.0 Å². The van der Waals surface area contributed by atoms with Crippen LogP contribution in [0.25, 0.3) is 5.65 Å². The lowest BCUT2D eigenvalue weighted by molar-refractivity contribution is 0.0544. The highest BCUT2D eigenvalue weighted by molar-refractivity contribution is 5.92. The van der Waals surface area contributed by atoms with Gasteiger partial charge in [0.25, 0.3) is 5.91 Å². The molecular weight excluding hydrogens is 636 g/mol. The van der Waals surface area contributed by atoms with E-state index < -0.39 is 17.4 Å². The molecule has 3 aromatic heterocycles. The van der Waals surface area contributed by atoms with Crippen LogP contribution in [0.2, 0.25) is 0 Å². The van der Waals surface area contributed by atoms with E-state index in [0.29, 0.717) is 24.3 Å². The maximum absolute atomic E-state index is 13.4. The van der Waals surface area contributed by atoms with E-state index in [2.05, 4.69) is 66.8 Å². The van der Waals surface area contributed by atoms with Gasteiger partial charge in [-0.3, -0.25) is 19.4 Å². The van der Waals surface area contributed by atoms with Crippen molar-refractivity contribution in [2.45, 2.75) is 70.6 Å². The van der Waals surface area contributed by atoms with Gasteiger partial charge in [0, 0.05) is 44.2 Å². The molecule has 0 unspecified atom stereocenters. The minimum Gasteiger partial charge on any atom is -0.484 e. The van der Waals surface area contributed by atoms with E-state index in [1.807, 2.05) is 67.8 Å². The molecule has 1 saturated heterocycles. The van der Waals surface area contributed by atoms with Crippen molar-refractivity contribution in [1.29, 1.82) is 0 Å². The van der Waals surface area contributed by atoms with Gasteiger partial charge in [0.05, 0.1) is 30.1 Å². The molecule has 0 saturated carbocycles. The van der Waals surface area contributed by atoms with Gasteiger partial charge in [-0.15, -0.1) is 10.2 Å². The first-order valence-corrected chi connectivity index (χ1v) is 17.2. The van der Waals surface area contributed by atoms with Crippen molar-refractivity contribution in [3.05, 3.63) is 77.1 Å². The van der Waals surface area contributed by atoms with E-state index in [9.17, 15) is 9.59 Å². The van der Waals surface area contributed by atoms with Gasteiger partial charge in [-0.05, 0) is 57.0 Å². The minimum absolute atomic E-state index is 0.0719. The van der Waals surface area contributed by atoms with Crippen molar-refractivity contribution in [3.63, 3.8) is 0 Å². The molecule has 2 aliphatic rings. The van der Waals surface area contributed by atoms with Crippen LogP contribution < -0.4 is 20.7 Å². The molecule has 6 rings (SSSR count). The fraction of sp³-hybridized carbons (Fsp3) is 0.500. The molecule has 2 atom stereocenters. The van der Waals surface area contributed by atoms with Crippen molar-refractivity contribution in [2.24, 2.45) is 0 Å². The fourth-order valence-electron chi connectivity index (χ4n) is 6.61. The number of benzene rings is 1. The summed E-state index contributed by atoms with van der Waals surface area (Å²) in [6.45, 7) is 14.1.